The molecular formula is C76H60F12Li2N14O8S4+12. The predicted octanol–water partition coefficient (Wildman–Crippen LogP) is 5.85. The van der Waals surface area contributed by atoms with Crippen LogP contribution in [-0.2, 0) is 40.1 Å². The van der Waals surface area contributed by atoms with E-state index >= 15 is 0 Å². The van der Waals surface area contributed by atoms with Gasteiger partial charge < -0.3 is 8.25 Å². The van der Waals surface area contributed by atoms with Crippen LogP contribution in [-0.4, -0.2) is 55.7 Å². The van der Waals surface area contributed by atoms with Crippen molar-refractivity contribution in [3.63, 3.8) is 0 Å². The zero-order valence-electron chi connectivity index (χ0n) is 60.0. The maximum Gasteiger partial charge on any atom is 1.00 e. The van der Waals surface area contributed by atoms with Crippen molar-refractivity contribution in [2.75, 3.05) is 0 Å². The number of rotatable bonds is 4. The predicted molar refractivity (Wildman–Crippen MR) is 394 cm³/mol. The van der Waals surface area contributed by atoms with E-state index in [2.05, 4.69) is 205 Å². The molecule has 0 aliphatic heterocycles. The average Bonchev–Trinajstić information content (AvgIpc) is 0.782. The van der Waals surface area contributed by atoms with E-state index in [-0.39, 0.29) is 37.7 Å². The van der Waals surface area contributed by atoms with E-state index in [4.69, 9.17) is 0 Å². The number of fused-ring (bicyclic) bond motifs is 18. The van der Waals surface area contributed by atoms with Gasteiger partial charge >= 0.3 is 59.8 Å². The molecule has 116 heavy (non-hydrogen) atoms. The summed E-state index contributed by atoms with van der Waals surface area (Å²) in [6, 6.07) is 74.9. The van der Waals surface area contributed by atoms with Gasteiger partial charge in [0.15, 0.2) is 114 Å². The zero-order chi connectivity index (χ0) is 81.7. The van der Waals surface area contributed by atoms with Crippen molar-refractivity contribution in [3.05, 3.63) is 301 Å². The minimum atomic E-state index is -6.72. The van der Waals surface area contributed by atoms with Crippen molar-refractivity contribution in [1.82, 2.24) is 0 Å². The molecule has 18 rings (SSSR count). The Balaban J connectivity index is 0.000000151. The number of nitrogens with one attached hydrogen (secondary N) is 12. The summed E-state index contributed by atoms with van der Waals surface area (Å²) in [6.45, 7) is 0. The van der Waals surface area contributed by atoms with Crippen molar-refractivity contribution in [2.24, 2.45) is 0 Å². The Morgan fingerprint density at radius 1 is 0.172 bits per heavy atom. The second-order valence-corrected chi connectivity index (χ2v) is 30.7. The van der Waals surface area contributed by atoms with Crippen LogP contribution in [0, 0.1) is 0 Å². The molecule has 0 amide bonds. The first-order valence-electron chi connectivity index (χ1n) is 33.0. The van der Waals surface area contributed by atoms with Crippen LogP contribution in [0.3, 0.4) is 0 Å². The summed E-state index contributed by atoms with van der Waals surface area (Å²) in [5.41, 5.74) is -10.9. The third-order valence-corrected chi connectivity index (χ3v) is 21.9. The minimum absolute atomic E-state index is 0. The van der Waals surface area contributed by atoms with Crippen molar-refractivity contribution in [1.29, 1.82) is 0 Å². The van der Waals surface area contributed by atoms with E-state index in [1.54, 1.807) is 0 Å². The van der Waals surface area contributed by atoms with Gasteiger partial charge in [0, 0.05) is 72.8 Å². The Labute approximate surface area is 673 Å². The molecule has 12 aromatic heterocycles. The standard InChI is InChI=1S/6C12H8N2.2C2F6NO4S2.2Li/c6*1-3-9-5-6-10-4-2-8-14-12(10)11(9)13-7-1;2*3-1(4,5)14(10,11)9-15(12,13)2(6,7)8;;/h6*1-8H;;;;/q;;;;;;2*-1;2*+1/p+12. The fourth-order valence-corrected chi connectivity index (χ4v) is 14.6. The molecule has 18 aromatic rings. The van der Waals surface area contributed by atoms with Gasteiger partial charge in [-0.1, -0.05) is 0 Å². The van der Waals surface area contributed by atoms with Crippen LogP contribution in [0.4, 0.5) is 52.7 Å². The van der Waals surface area contributed by atoms with Gasteiger partial charge in [0.2, 0.25) is 0 Å². The maximum absolute atomic E-state index is 11.4. The summed E-state index contributed by atoms with van der Waals surface area (Å²) < 4.78 is 218. The van der Waals surface area contributed by atoms with Crippen LogP contribution in [0.1, 0.15) is 0 Å². The van der Waals surface area contributed by atoms with Gasteiger partial charge in [0.25, 0.3) is 66.2 Å². The second kappa shape index (κ2) is 37.3. The molecule has 40 heteroatoms. The average molecular weight is 1670 g/mol. The molecule has 12 heterocycles. The number of aromatic amines is 12. The number of pyridine rings is 12. The SMILES string of the molecule is O=S(=O)([N-]S(=O)(=O)C(F)(F)F)C(F)(F)F.O=S(=O)([N-]S(=O)(=O)C(F)(F)F)C(F)(F)F.[Li+].[Li+].c1c[nH+]c2c(c1)ccc1ccc[nH+]c12.c1c[nH+]c2c(c1)ccc1ccc[nH+]c12.c1c[nH+]c2c(c1)ccc1ccc[nH+]c12.c1c[nH+]c2c(c1)ccc1ccc[nH+]c12.c1c[nH+]c2c(c1)ccc1ccc[nH+]c12.c1c[nH+]c2c(c1)ccc1ccc[nH+]c12. The Kier molecular flexibility index (Phi) is 28.4. The van der Waals surface area contributed by atoms with Gasteiger partial charge in [-0.2, -0.15) is 52.7 Å². The van der Waals surface area contributed by atoms with Crippen LogP contribution in [0.25, 0.3) is 139 Å². The van der Waals surface area contributed by atoms with Gasteiger partial charge in [0.05, 0.1) is 64.6 Å². The third-order valence-electron chi connectivity index (χ3n) is 16.4. The monoisotopic (exact) mass is 1670 g/mol. The zero-order valence-corrected chi connectivity index (χ0v) is 63.3. The number of sulfonamides is 4. The van der Waals surface area contributed by atoms with E-state index in [0.29, 0.717) is 0 Å². The van der Waals surface area contributed by atoms with Gasteiger partial charge in [-0.15, -0.1) is 0 Å². The van der Waals surface area contributed by atoms with E-state index < -0.39 is 62.1 Å². The molecule has 0 aliphatic rings. The van der Waals surface area contributed by atoms with Crippen LogP contribution >= 0.6 is 0 Å². The normalized spacial score (nSPS) is 11.8. The number of benzene rings is 6. The summed E-state index contributed by atoms with van der Waals surface area (Å²) in [7, 11) is -26.9. The molecule has 0 atom stereocenters. The summed E-state index contributed by atoms with van der Waals surface area (Å²) >= 11 is 0. The fraction of sp³-hybridized carbons (Fsp3) is 0.0526. The first-order chi connectivity index (χ1) is 54.1. The molecule has 0 saturated carbocycles. The van der Waals surface area contributed by atoms with Crippen molar-refractivity contribution in [3.8, 4) is 0 Å². The van der Waals surface area contributed by atoms with E-state index in [0.717, 1.165) is 74.5 Å². The quantitative estimate of drug-likeness (QED) is 0.116. The molecule has 580 valence electrons. The number of nitrogens with zero attached hydrogens (tertiary/aromatic N) is 2. The Hall–Kier alpha value is -11.7. The summed E-state index contributed by atoms with van der Waals surface area (Å²) in [4.78, 5) is 39.2. The molecule has 0 spiro atoms. The summed E-state index contributed by atoms with van der Waals surface area (Å²) in [5.74, 6) is 0. The van der Waals surface area contributed by atoms with Crippen LogP contribution in [0.5, 0.6) is 0 Å². The molecule has 6 aromatic carbocycles. The van der Waals surface area contributed by atoms with Gasteiger partial charge in [-0.3, -0.25) is 0 Å². The Morgan fingerprint density at radius 2 is 0.259 bits per heavy atom. The molecule has 0 bridgehead atoms. The molecule has 0 aliphatic carbocycles. The number of H-pyrrole nitrogens is 12. The largest absolute Gasteiger partial charge is 1.00 e. The third kappa shape index (κ3) is 21.2. The van der Waals surface area contributed by atoms with Crippen LogP contribution in [0.15, 0.2) is 293 Å². The number of halogens is 12. The molecule has 12 N–H and O–H groups in total. The number of hydrogen-bond acceptors (Lipinski definition) is 8. The van der Waals surface area contributed by atoms with Gasteiger partial charge in [-0.25, -0.2) is 93.5 Å². The number of hydrogen-bond donors (Lipinski definition) is 0. The maximum atomic E-state index is 11.4. The number of aromatic nitrogens is 12. The van der Waals surface area contributed by atoms with Crippen LogP contribution < -0.4 is 97.5 Å². The Bertz CT molecular complexity index is 5690. The van der Waals surface area contributed by atoms with Gasteiger partial charge in [0.1, 0.15) is 0 Å². The second-order valence-electron chi connectivity index (χ2n) is 23.8. The summed E-state index contributed by atoms with van der Waals surface area (Å²) in [6.07, 6.45) is 23.4. The first-order valence-corrected chi connectivity index (χ1v) is 38.8. The minimum Gasteiger partial charge on any atom is -0.421 e. The van der Waals surface area contributed by atoms with Gasteiger partial charge in [-0.05, 0) is 146 Å². The number of alkyl halides is 12. The van der Waals surface area contributed by atoms with E-state index in [1.807, 2.05) is 147 Å². The smallest absolute Gasteiger partial charge is 0.421 e. The molecule has 0 unspecified atom stereocenters. The molecule has 0 fully saturated rings. The Morgan fingerprint density at radius 3 is 0.336 bits per heavy atom. The van der Waals surface area contributed by atoms with E-state index in [1.165, 1.54) is 64.6 Å². The van der Waals surface area contributed by atoms with Crippen LogP contribution in [0.2, 0.25) is 0 Å². The molecule has 0 saturated heterocycles. The topological polar surface area (TPSA) is 334 Å². The fourth-order valence-electron chi connectivity index (χ4n) is 11.2. The summed E-state index contributed by atoms with van der Waals surface area (Å²) in [5, 5.41) is 14.7. The van der Waals surface area contributed by atoms with E-state index in [9.17, 15) is 86.4 Å². The van der Waals surface area contributed by atoms with Crippen molar-refractivity contribution in [2.45, 2.75) is 22.0 Å². The first kappa shape index (κ1) is 88.3. The molecule has 22 nitrogen and oxygen atoms in total. The van der Waals surface area contributed by atoms with Crippen molar-refractivity contribution < 1.29 is 184 Å². The molecule has 0 radical (unpaired) electrons. The van der Waals surface area contributed by atoms with Crippen molar-refractivity contribution >= 4 is 171 Å². The molecular weight excluding hydrogens is 1610 g/mol.